The molecule has 2 aromatic rings. The van der Waals surface area contributed by atoms with Gasteiger partial charge in [0.2, 0.25) is 0 Å². The van der Waals surface area contributed by atoms with E-state index in [0.29, 0.717) is 11.3 Å². The van der Waals surface area contributed by atoms with Crippen LogP contribution < -0.4 is 10.5 Å². The van der Waals surface area contributed by atoms with E-state index in [2.05, 4.69) is 4.72 Å². The molecule has 0 saturated carbocycles. The number of nitrogen functional groups attached to an aromatic ring is 1. The molecule has 102 valence electrons. The van der Waals surface area contributed by atoms with E-state index in [1.54, 1.807) is 6.07 Å². The van der Waals surface area contributed by atoms with Gasteiger partial charge in [-0.25, -0.2) is 13.1 Å². The van der Waals surface area contributed by atoms with Gasteiger partial charge in [-0.3, -0.25) is 10.1 Å². The van der Waals surface area contributed by atoms with E-state index in [-0.39, 0.29) is 21.4 Å². The molecule has 0 aliphatic rings. The number of nitrogens with one attached hydrogen (secondary N) is 1. The number of anilines is 1. The van der Waals surface area contributed by atoms with E-state index in [0.717, 1.165) is 11.6 Å². The highest BCUT2D eigenvalue weighted by atomic mass is 32.2. The quantitative estimate of drug-likeness (QED) is 0.644. The van der Waals surface area contributed by atoms with Gasteiger partial charge in [-0.15, -0.1) is 0 Å². The van der Waals surface area contributed by atoms with Crippen LogP contribution in [0.2, 0.25) is 0 Å². The van der Waals surface area contributed by atoms with Crippen molar-refractivity contribution in [3.8, 4) is 0 Å². The van der Waals surface area contributed by atoms with Gasteiger partial charge in [0.05, 0.1) is 4.92 Å². The van der Waals surface area contributed by atoms with Gasteiger partial charge >= 0.3 is 5.69 Å². The van der Waals surface area contributed by atoms with E-state index >= 15 is 0 Å². The highest BCUT2D eigenvalue weighted by molar-refractivity contribution is 7.91. The van der Waals surface area contributed by atoms with Crippen molar-refractivity contribution in [2.45, 2.75) is 10.8 Å². The molecule has 0 bridgehead atoms. The second-order valence-corrected chi connectivity index (χ2v) is 7.39. The van der Waals surface area contributed by atoms with Gasteiger partial charge in [0.15, 0.2) is 5.00 Å². The van der Waals surface area contributed by atoms with E-state index in [1.165, 1.54) is 11.3 Å². The van der Waals surface area contributed by atoms with Crippen LogP contribution >= 0.6 is 22.7 Å². The van der Waals surface area contributed by atoms with Crippen molar-refractivity contribution < 1.29 is 13.3 Å². The maximum atomic E-state index is 11.9. The molecular weight excluding hydrogens is 310 g/mol. The fraction of sp³-hybridized carbons (Fsp3) is 0.111. The molecule has 0 aromatic carbocycles. The Kier molecular flexibility index (Phi) is 3.85. The molecular formula is C9H9N3O4S3. The lowest BCUT2D eigenvalue weighted by molar-refractivity contribution is -0.383. The number of nitrogens with zero attached hydrogens (tertiary/aromatic N) is 1. The second-order valence-electron chi connectivity index (χ2n) is 3.53. The molecule has 0 fully saturated rings. The van der Waals surface area contributed by atoms with E-state index in [1.807, 2.05) is 10.8 Å². The Balaban J connectivity index is 2.20. The number of nitro groups is 1. The van der Waals surface area contributed by atoms with Gasteiger partial charge in [-0.1, -0.05) is 11.3 Å². The minimum absolute atomic E-state index is 0.124. The molecule has 0 unspecified atom stereocenters. The Morgan fingerprint density at radius 2 is 2.21 bits per heavy atom. The van der Waals surface area contributed by atoms with Gasteiger partial charge in [0.1, 0.15) is 4.21 Å². The summed E-state index contributed by atoms with van der Waals surface area (Å²) < 4.78 is 26.1. The van der Waals surface area contributed by atoms with Crippen LogP contribution in [0.3, 0.4) is 0 Å². The van der Waals surface area contributed by atoms with Crippen LogP contribution in [0.15, 0.2) is 27.1 Å². The van der Waals surface area contributed by atoms with E-state index in [4.69, 9.17) is 5.73 Å². The van der Waals surface area contributed by atoms with Crippen molar-refractivity contribution >= 4 is 43.4 Å². The van der Waals surface area contributed by atoms with Gasteiger partial charge in [-0.05, 0) is 22.4 Å². The third-order valence-electron chi connectivity index (χ3n) is 2.23. The normalized spacial score (nSPS) is 11.6. The molecule has 0 saturated heterocycles. The van der Waals surface area contributed by atoms with Crippen LogP contribution in [-0.2, 0) is 16.6 Å². The first-order chi connectivity index (χ1) is 8.90. The molecule has 2 aromatic heterocycles. The maximum Gasteiger partial charge on any atom is 0.304 e. The largest absolute Gasteiger partial charge is 0.385 e. The van der Waals surface area contributed by atoms with E-state index in [9.17, 15) is 18.5 Å². The summed E-state index contributed by atoms with van der Waals surface area (Å²) >= 11 is 2.13. The van der Waals surface area contributed by atoms with Crippen molar-refractivity contribution in [3.63, 3.8) is 0 Å². The Bertz CT molecular complexity index is 690. The Morgan fingerprint density at radius 3 is 2.74 bits per heavy atom. The summed E-state index contributed by atoms with van der Waals surface area (Å²) in [5, 5.41) is 14.1. The van der Waals surface area contributed by atoms with Gasteiger partial charge < -0.3 is 5.73 Å². The molecule has 2 heterocycles. The lowest BCUT2D eigenvalue weighted by Crippen LogP contribution is -2.22. The topological polar surface area (TPSA) is 115 Å². The zero-order valence-corrected chi connectivity index (χ0v) is 11.8. The minimum atomic E-state index is -3.78. The zero-order valence-electron chi connectivity index (χ0n) is 9.40. The second kappa shape index (κ2) is 5.25. The van der Waals surface area contributed by atoms with Gasteiger partial charge in [0.25, 0.3) is 10.0 Å². The lowest BCUT2D eigenvalue weighted by Gasteiger charge is -2.02. The molecule has 10 heteroatoms. The molecule has 0 spiro atoms. The molecule has 0 aliphatic heterocycles. The zero-order chi connectivity index (χ0) is 14.0. The van der Waals surface area contributed by atoms with Gasteiger partial charge in [-0.2, -0.15) is 11.3 Å². The Morgan fingerprint density at radius 1 is 1.47 bits per heavy atom. The van der Waals surface area contributed by atoms with Crippen molar-refractivity contribution in [1.82, 2.24) is 4.72 Å². The molecule has 0 amide bonds. The number of nitrogens with two attached hydrogens (primary N) is 1. The molecule has 7 nitrogen and oxygen atoms in total. The monoisotopic (exact) mass is 319 g/mol. The Hall–Kier alpha value is -1.49. The van der Waals surface area contributed by atoms with Crippen molar-refractivity contribution in [3.05, 3.63) is 38.6 Å². The third kappa shape index (κ3) is 3.10. The standard InChI is InChI=1S/C9H9N3O4S3/c10-9-7(12(13)14)3-8(18-9)19(15,16)11-4-6-1-2-17-5-6/h1-3,5,11H,4,10H2. The summed E-state index contributed by atoms with van der Waals surface area (Å²) in [5.74, 6) is 0. The lowest BCUT2D eigenvalue weighted by atomic mass is 10.4. The Labute approximate surface area is 116 Å². The van der Waals surface area contributed by atoms with Crippen LogP contribution in [0.1, 0.15) is 5.56 Å². The number of hydrogen-bond donors (Lipinski definition) is 2. The fourth-order valence-corrected chi connectivity index (χ4v) is 4.24. The predicted octanol–water partition coefficient (Wildman–Crippen LogP) is 1.78. The van der Waals surface area contributed by atoms with Crippen molar-refractivity contribution in [2.24, 2.45) is 0 Å². The number of hydrogen-bond acceptors (Lipinski definition) is 7. The summed E-state index contributed by atoms with van der Waals surface area (Å²) in [6.07, 6.45) is 0. The first-order valence-electron chi connectivity index (χ1n) is 4.94. The van der Waals surface area contributed by atoms with Crippen LogP contribution in [0.5, 0.6) is 0 Å². The molecule has 3 N–H and O–H groups in total. The molecule has 2 rings (SSSR count). The molecule has 0 radical (unpaired) electrons. The van der Waals surface area contributed by atoms with Crippen LogP contribution in [0.4, 0.5) is 10.7 Å². The average molecular weight is 319 g/mol. The van der Waals surface area contributed by atoms with Gasteiger partial charge in [0, 0.05) is 12.6 Å². The molecule has 0 atom stereocenters. The number of thiophene rings is 2. The molecule has 19 heavy (non-hydrogen) atoms. The first kappa shape index (κ1) is 13.9. The summed E-state index contributed by atoms with van der Waals surface area (Å²) in [6.45, 7) is 0.136. The highest BCUT2D eigenvalue weighted by Crippen LogP contribution is 2.34. The first-order valence-corrected chi connectivity index (χ1v) is 8.19. The highest BCUT2D eigenvalue weighted by Gasteiger charge is 2.24. The van der Waals surface area contributed by atoms with Crippen LogP contribution in [-0.4, -0.2) is 13.3 Å². The van der Waals surface area contributed by atoms with Crippen molar-refractivity contribution in [2.75, 3.05) is 5.73 Å². The summed E-state index contributed by atoms with van der Waals surface area (Å²) in [7, 11) is -3.78. The number of rotatable bonds is 5. The van der Waals surface area contributed by atoms with E-state index < -0.39 is 14.9 Å². The smallest absolute Gasteiger partial charge is 0.304 e. The maximum absolute atomic E-state index is 11.9. The van der Waals surface area contributed by atoms with Crippen LogP contribution in [0, 0.1) is 10.1 Å². The summed E-state index contributed by atoms with van der Waals surface area (Å²) in [4.78, 5) is 9.92. The summed E-state index contributed by atoms with van der Waals surface area (Å²) in [5.41, 5.74) is 5.85. The SMILES string of the molecule is Nc1sc(S(=O)(=O)NCc2ccsc2)cc1[N+](=O)[O-]. The number of sulfonamides is 1. The molecule has 0 aliphatic carbocycles. The minimum Gasteiger partial charge on any atom is -0.385 e. The third-order valence-corrected chi connectivity index (χ3v) is 5.79. The fourth-order valence-electron chi connectivity index (χ4n) is 1.29. The predicted molar refractivity (Wildman–Crippen MR) is 73.7 cm³/mol. The average Bonchev–Trinajstić information content (AvgIpc) is 2.95. The van der Waals surface area contributed by atoms with Crippen LogP contribution in [0.25, 0.3) is 0 Å². The summed E-state index contributed by atoms with van der Waals surface area (Å²) in [6, 6.07) is 2.76. The van der Waals surface area contributed by atoms with Crippen molar-refractivity contribution in [1.29, 1.82) is 0 Å².